The maximum absolute atomic E-state index is 13.3. The monoisotopic (exact) mass is 362 g/mol. The lowest BCUT2D eigenvalue weighted by atomic mass is 10.00. The molecule has 0 aromatic heterocycles. The summed E-state index contributed by atoms with van der Waals surface area (Å²) in [7, 11) is -1.89. The van der Waals surface area contributed by atoms with Crippen molar-refractivity contribution < 1.29 is 13.5 Å². The van der Waals surface area contributed by atoms with Gasteiger partial charge < -0.3 is 10.4 Å². The highest BCUT2D eigenvalue weighted by atomic mass is 32.2. The van der Waals surface area contributed by atoms with Gasteiger partial charge >= 0.3 is 0 Å². The van der Waals surface area contributed by atoms with Crippen LogP contribution in [0.25, 0.3) is 0 Å². The Hall–Kier alpha value is -1.63. The van der Waals surface area contributed by atoms with Crippen molar-refractivity contribution in [2.45, 2.75) is 37.5 Å². The topological polar surface area (TPSA) is 69.6 Å². The third kappa shape index (κ3) is 3.52. The molecule has 5 nitrogen and oxygen atoms in total. The van der Waals surface area contributed by atoms with Gasteiger partial charge in [-0.3, -0.25) is 0 Å². The molecule has 1 aliphatic carbocycles. The molecular formula is C19H26N2O3S. The van der Waals surface area contributed by atoms with Crippen LogP contribution in [0.5, 0.6) is 0 Å². The average Bonchev–Trinajstić information content (AvgIpc) is 2.60. The minimum absolute atomic E-state index is 0.341. The summed E-state index contributed by atoms with van der Waals surface area (Å²) in [4.78, 5) is 0. The van der Waals surface area contributed by atoms with Crippen molar-refractivity contribution >= 4 is 15.7 Å². The summed E-state index contributed by atoms with van der Waals surface area (Å²) in [6.45, 7) is 2.68. The highest BCUT2D eigenvalue weighted by Crippen LogP contribution is 2.38. The largest absolute Gasteiger partial charge is 0.392 e. The van der Waals surface area contributed by atoms with E-state index in [4.69, 9.17) is 0 Å². The molecule has 0 saturated heterocycles. The minimum atomic E-state index is -3.69. The maximum Gasteiger partial charge on any atom is 0.245 e. The van der Waals surface area contributed by atoms with E-state index in [0.717, 1.165) is 12.0 Å². The molecular weight excluding hydrogens is 336 g/mol. The summed E-state index contributed by atoms with van der Waals surface area (Å²) >= 11 is 0. The van der Waals surface area contributed by atoms with Gasteiger partial charge in [0.1, 0.15) is 5.25 Å². The van der Waals surface area contributed by atoms with Gasteiger partial charge in [-0.2, -0.15) is 0 Å². The summed E-state index contributed by atoms with van der Waals surface area (Å²) in [5.41, 5.74) is 2.33. The van der Waals surface area contributed by atoms with Gasteiger partial charge in [0.05, 0.1) is 17.5 Å². The first kappa shape index (κ1) is 18.2. The van der Waals surface area contributed by atoms with E-state index in [1.54, 1.807) is 7.05 Å². The van der Waals surface area contributed by atoms with E-state index in [1.165, 1.54) is 4.31 Å². The lowest BCUT2D eigenvalue weighted by molar-refractivity contribution is 0.157. The van der Waals surface area contributed by atoms with Crippen LogP contribution in [0, 0.1) is 5.92 Å². The number of fused-ring (bicyclic) bond motifs is 1. The van der Waals surface area contributed by atoms with Crippen LogP contribution in [0.4, 0.5) is 5.69 Å². The number of sulfonamides is 1. The van der Waals surface area contributed by atoms with Gasteiger partial charge in [0.15, 0.2) is 0 Å². The smallest absolute Gasteiger partial charge is 0.245 e. The van der Waals surface area contributed by atoms with Gasteiger partial charge in [-0.05, 0) is 56.5 Å². The number of nitrogens with one attached hydrogen (secondary N) is 1. The molecule has 1 aromatic carbocycles. The summed E-state index contributed by atoms with van der Waals surface area (Å²) in [6.07, 6.45) is 6.55. The first-order valence-corrected chi connectivity index (χ1v) is 10.3. The van der Waals surface area contributed by atoms with E-state index in [0.29, 0.717) is 36.7 Å². The SMILES string of the molecule is CNCC[C@@H](O)[C@H]1Cc2ccccc2N(C2=CCC(C)C=C2)S1(=O)=O. The van der Waals surface area contributed by atoms with E-state index >= 15 is 0 Å². The van der Waals surface area contributed by atoms with Crippen LogP contribution in [0.2, 0.25) is 0 Å². The first-order valence-electron chi connectivity index (χ1n) is 8.78. The minimum Gasteiger partial charge on any atom is -0.392 e. The zero-order valence-corrected chi connectivity index (χ0v) is 15.5. The van der Waals surface area contributed by atoms with Crippen LogP contribution in [-0.2, 0) is 16.4 Å². The Balaban J connectivity index is 2.04. The molecule has 2 N–H and O–H groups in total. The Morgan fingerprint density at radius 2 is 2.12 bits per heavy atom. The van der Waals surface area contributed by atoms with E-state index in [2.05, 4.69) is 12.2 Å². The van der Waals surface area contributed by atoms with Crippen molar-refractivity contribution in [2.75, 3.05) is 17.9 Å². The number of benzene rings is 1. The van der Waals surface area contributed by atoms with E-state index in [1.807, 2.05) is 42.5 Å². The van der Waals surface area contributed by atoms with Crippen molar-refractivity contribution in [3.63, 3.8) is 0 Å². The third-order valence-corrected chi connectivity index (χ3v) is 7.08. The van der Waals surface area contributed by atoms with Crippen molar-refractivity contribution in [3.8, 4) is 0 Å². The Morgan fingerprint density at radius 1 is 1.36 bits per heavy atom. The molecule has 6 heteroatoms. The molecule has 1 unspecified atom stereocenters. The van der Waals surface area contributed by atoms with Crippen molar-refractivity contribution in [1.82, 2.24) is 5.32 Å². The molecule has 1 aromatic rings. The molecule has 0 saturated carbocycles. The number of para-hydroxylation sites is 1. The highest BCUT2D eigenvalue weighted by Gasteiger charge is 2.43. The number of anilines is 1. The Morgan fingerprint density at radius 3 is 2.80 bits per heavy atom. The van der Waals surface area contributed by atoms with Gasteiger partial charge in [-0.15, -0.1) is 0 Å². The second-order valence-corrected chi connectivity index (χ2v) is 8.84. The molecule has 3 rings (SSSR count). The van der Waals surface area contributed by atoms with E-state index in [-0.39, 0.29) is 0 Å². The highest BCUT2D eigenvalue weighted by molar-refractivity contribution is 7.93. The van der Waals surface area contributed by atoms with E-state index < -0.39 is 21.4 Å². The second kappa shape index (κ2) is 7.32. The van der Waals surface area contributed by atoms with Crippen LogP contribution in [0.15, 0.2) is 48.2 Å². The molecule has 3 atom stereocenters. The maximum atomic E-state index is 13.3. The van der Waals surface area contributed by atoms with Crippen molar-refractivity contribution in [3.05, 3.63) is 53.8 Å². The molecule has 0 bridgehead atoms. The summed E-state index contributed by atoms with van der Waals surface area (Å²) in [5, 5.41) is 12.7. The van der Waals surface area contributed by atoms with E-state index in [9.17, 15) is 13.5 Å². The molecule has 25 heavy (non-hydrogen) atoms. The lowest BCUT2D eigenvalue weighted by Gasteiger charge is -2.38. The normalized spacial score (nSPS) is 26.0. The fourth-order valence-corrected chi connectivity index (χ4v) is 5.52. The van der Waals surface area contributed by atoms with Gasteiger partial charge in [0.25, 0.3) is 0 Å². The number of hydrogen-bond acceptors (Lipinski definition) is 4. The van der Waals surface area contributed by atoms with Crippen LogP contribution >= 0.6 is 0 Å². The van der Waals surface area contributed by atoms with Gasteiger partial charge in [0.2, 0.25) is 10.0 Å². The summed E-state index contributed by atoms with van der Waals surface area (Å²) < 4.78 is 28.1. The molecule has 136 valence electrons. The zero-order valence-electron chi connectivity index (χ0n) is 14.7. The Bertz CT molecular complexity index is 786. The van der Waals surface area contributed by atoms with Crippen LogP contribution in [0.1, 0.15) is 25.3 Å². The average molecular weight is 362 g/mol. The zero-order chi connectivity index (χ0) is 18.0. The predicted octanol–water partition coefficient (Wildman–Crippen LogP) is 2.20. The second-order valence-electron chi connectivity index (χ2n) is 6.84. The number of allylic oxidation sites excluding steroid dienone is 3. The summed E-state index contributed by atoms with van der Waals surface area (Å²) in [6, 6.07) is 7.56. The number of rotatable bonds is 5. The number of aliphatic hydroxyl groups excluding tert-OH is 1. The van der Waals surface area contributed by atoms with Gasteiger partial charge in [-0.1, -0.05) is 37.3 Å². The van der Waals surface area contributed by atoms with Crippen molar-refractivity contribution in [2.24, 2.45) is 5.92 Å². The molecule has 0 amide bonds. The molecule has 0 fully saturated rings. The predicted molar refractivity (Wildman–Crippen MR) is 101 cm³/mol. The summed E-state index contributed by atoms with van der Waals surface area (Å²) in [5.74, 6) is 0.406. The molecule has 1 heterocycles. The number of hydrogen-bond donors (Lipinski definition) is 2. The van der Waals surface area contributed by atoms with Crippen LogP contribution in [0.3, 0.4) is 0 Å². The fourth-order valence-electron chi connectivity index (χ4n) is 3.44. The molecule has 2 aliphatic rings. The number of nitrogens with zero attached hydrogens (tertiary/aromatic N) is 1. The Labute approximate surface area is 150 Å². The fraction of sp³-hybridized carbons (Fsp3) is 0.474. The Kier molecular flexibility index (Phi) is 5.32. The molecule has 0 spiro atoms. The quantitative estimate of drug-likeness (QED) is 0.842. The molecule has 0 radical (unpaired) electrons. The third-order valence-electron chi connectivity index (χ3n) is 4.92. The lowest BCUT2D eigenvalue weighted by Crippen LogP contribution is -2.49. The standard InChI is InChI=1S/C19H26N2O3S/c1-14-7-9-16(10-8-14)21-17-6-4-3-5-15(17)13-19(25(21,23)24)18(22)11-12-20-2/h3-7,9-10,14,18-20,22H,8,11-13H2,1-2H3/t14?,18-,19-/m1/s1. The van der Waals surface area contributed by atoms with Gasteiger partial charge in [0, 0.05) is 0 Å². The van der Waals surface area contributed by atoms with Crippen molar-refractivity contribution in [1.29, 1.82) is 0 Å². The van der Waals surface area contributed by atoms with Gasteiger partial charge in [-0.25, -0.2) is 12.7 Å². The number of aliphatic hydroxyl groups is 1. The van der Waals surface area contributed by atoms with Crippen LogP contribution in [-0.4, -0.2) is 38.5 Å². The molecule has 1 aliphatic heterocycles. The van der Waals surface area contributed by atoms with Crippen LogP contribution < -0.4 is 9.62 Å². The first-order chi connectivity index (χ1) is 11.9.